The van der Waals surface area contributed by atoms with E-state index in [1.807, 2.05) is 0 Å². The maximum atomic E-state index is 10.8. The van der Waals surface area contributed by atoms with E-state index in [1.165, 1.54) is 6.07 Å². The van der Waals surface area contributed by atoms with E-state index in [1.54, 1.807) is 6.92 Å². The number of nitrogen functional groups attached to an aromatic ring is 1. The quantitative estimate of drug-likeness (QED) is 0.694. The molecule has 14 heavy (non-hydrogen) atoms. The minimum Gasteiger partial charge on any atom is -0.478 e. The molecule has 6 nitrogen and oxygen atoms in total. The van der Waals surface area contributed by atoms with Gasteiger partial charge >= 0.3 is 5.97 Å². The Bertz CT molecular complexity index is 518. The van der Waals surface area contributed by atoms with Crippen LogP contribution in [-0.2, 0) is 0 Å². The highest BCUT2D eigenvalue weighted by Crippen LogP contribution is 2.21. The molecule has 0 aliphatic rings. The van der Waals surface area contributed by atoms with Crippen molar-refractivity contribution < 1.29 is 14.4 Å². The largest absolute Gasteiger partial charge is 0.478 e. The minimum absolute atomic E-state index is 0.104. The number of carbonyl (C=O) groups is 1. The number of nitrogens with zero attached hydrogens (tertiary/aromatic N) is 2. The Hall–Kier alpha value is -2.11. The molecular formula is C8H7N3O3. The molecule has 2 aromatic rings. The molecule has 3 N–H and O–H groups in total. The highest BCUT2D eigenvalue weighted by atomic mass is 16.5. The number of carboxylic acids is 1. The number of hydrogen-bond acceptors (Lipinski definition) is 5. The molecular weight excluding hydrogens is 186 g/mol. The molecule has 0 atom stereocenters. The minimum atomic E-state index is -1.04. The number of fused-ring (bicyclic) bond motifs is 1. The van der Waals surface area contributed by atoms with E-state index in [0.717, 1.165) is 0 Å². The van der Waals surface area contributed by atoms with Crippen molar-refractivity contribution in [1.82, 2.24) is 10.1 Å². The van der Waals surface area contributed by atoms with Gasteiger partial charge < -0.3 is 15.4 Å². The number of aryl methyl sites for hydroxylation is 1. The third-order valence-corrected chi connectivity index (χ3v) is 1.91. The van der Waals surface area contributed by atoms with Crippen LogP contribution in [-0.4, -0.2) is 21.2 Å². The van der Waals surface area contributed by atoms with Gasteiger partial charge in [-0.05, 0) is 13.0 Å². The first-order chi connectivity index (χ1) is 6.59. The molecule has 0 aliphatic carbocycles. The summed E-state index contributed by atoms with van der Waals surface area (Å²) in [5.41, 5.74) is 6.19. The Kier molecular flexibility index (Phi) is 1.63. The molecule has 0 bridgehead atoms. The highest BCUT2D eigenvalue weighted by molar-refractivity contribution is 5.95. The van der Waals surface area contributed by atoms with E-state index in [4.69, 9.17) is 15.4 Å². The number of pyridine rings is 1. The van der Waals surface area contributed by atoms with Crippen molar-refractivity contribution in [3.05, 3.63) is 17.3 Å². The first kappa shape index (κ1) is 8.49. The van der Waals surface area contributed by atoms with Crippen LogP contribution >= 0.6 is 0 Å². The number of aromatic carboxylic acids is 1. The summed E-state index contributed by atoms with van der Waals surface area (Å²) in [5, 5.41) is 12.7. The van der Waals surface area contributed by atoms with Gasteiger partial charge in [-0.15, -0.1) is 0 Å². The van der Waals surface area contributed by atoms with Gasteiger partial charge in [-0.1, -0.05) is 5.16 Å². The predicted octanol–water partition coefficient (Wildman–Crippen LogP) is 0.812. The van der Waals surface area contributed by atoms with Gasteiger partial charge in [0.05, 0.1) is 16.6 Å². The Morgan fingerprint density at radius 1 is 1.64 bits per heavy atom. The maximum absolute atomic E-state index is 10.8. The van der Waals surface area contributed by atoms with E-state index < -0.39 is 5.97 Å². The van der Waals surface area contributed by atoms with Crippen LogP contribution < -0.4 is 5.73 Å². The molecule has 2 heterocycles. The van der Waals surface area contributed by atoms with Crippen molar-refractivity contribution in [2.24, 2.45) is 0 Å². The van der Waals surface area contributed by atoms with Crippen molar-refractivity contribution in [3.8, 4) is 0 Å². The molecule has 0 saturated heterocycles. The molecule has 2 rings (SSSR count). The summed E-state index contributed by atoms with van der Waals surface area (Å²) in [6.45, 7) is 1.58. The molecule has 0 radical (unpaired) electrons. The number of nitrogens with two attached hydrogens (primary N) is 1. The van der Waals surface area contributed by atoms with Crippen LogP contribution in [0.3, 0.4) is 0 Å². The van der Waals surface area contributed by atoms with Crippen molar-refractivity contribution in [2.75, 3.05) is 5.73 Å². The third-order valence-electron chi connectivity index (χ3n) is 1.91. The first-order valence-corrected chi connectivity index (χ1v) is 3.85. The second-order valence-electron chi connectivity index (χ2n) is 2.85. The summed E-state index contributed by atoms with van der Waals surface area (Å²) in [6.07, 6.45) is 0. The van der Waals surface area contributed by atoms with Gasteiger partial charge in [-0.25, -0.2) is 9.78 Å². The van der Waals surface area contributed by atoms with E-state index >= 15 is 0 Å². The second-order valence-corrected chi connectivity index (χ2v) is 2.85. The Balaban J connectivity index is 2.80. The van der Waals surface area contributed by atoms with Gasteiger partial charge in [0.15, 0.2) is 5.82 Å². The van der Waals surface area contributed by atoms with Gasteiger partial charge in [0, 0.05) is 0 Å². The Labute approximate surface area is 78.3 Å². The van der Waals surface area contributed by atoms with Crippen LogP contribution in [0.15, 0.2) is 10.6 Å². The van der Waals surface area contributed by atoms with E-state index in [9.17, 15) is 4.79 Å². The average Bonchev–Trinajstić information content (AvgIpc) is 2.46. The fourth-order valence-electron chi connectivity index (χ4n) is 1.19. The van der Waals surface area contributed by atoms with E-state index in [0.29, 0.717) is 11.1 Å². The van der Waals surface area contributed by atoms with Crippen molar-refractivity contribution in [2.45, 2.75) is 6.92 Å². The summed E-state index contributed by atoms with van der Waals surface area (Å²) in [7, 11) is 0. The monoisotopic (exact) mass is 193 g/mol. The van der Waals surface area contributed by atoms with Crippen molar-refractivity contribution >= 4 is 22.9 Å². The van der Waals surface area contributed by atoms with Crippen molar-refractivity contribution in [3.63, 3.8) is 0 Å². The number of aromatic nitrogens is 2. The number of carboxylic acid groups (broad SMARTS) is 1. The van der Waals surface area contributed by atoms with Gasteiger partial charge in [-0.2, -0.15) is 0 Å². The molecule has 0 amide bonds. The summed E-state index contributed by atoms with van der Waals surface area (Å²) in [5.74, 6) is -0.896. The van der Waals surface area contributed by atoms with Gasteiger partial charge in [-0.3, -0.25) is 0 Å². The Morgan fingerprint density at radius 2 is 2.36 bits per heavy atom. The zero-order valence-electron chi connectivity index (χ0n) is 7.31. The summed E-state index contributed by atoms with van der Waals surface area (Å²) >= 11 is 0. The molecule has 2 aromatic heterocycles. The number of hydrogen-bond donors (Lipinski definition) is 2. The number of rotatable bonds is 1. The zero-order valence-corrected chi connectivity index (χ0v) is 7.31. The molecule has 72 valence electrons. The highest BCUT2D eigenvalue weighted by Gasteiger charge is 2.14. The number of anilines is 1. The van der Waals surface area contributed by atoms with Crippen LogP contribution in [0.5, 0.6) is 0 Å². The van der Waals surface area contributed by atoms with Crippen LogP contribution in [0.2, 0.25) is 0 Å². The van der Waals surface area contributed by atoms with Gasteiger partial charge in [0.25, 0.3) is 5.71 Å². The van der Waals surface area contributed by atoms with Crippen molar-refractivity contribution in [1.29, 1.82) is 0 Å². The molecule has 0 aliphatic heterocycles. The molecule has 0 fully saturated rings. The van der Waals surface area contributed by atoms with E-state index in [-0.39, 0.29) is 17.1 Å². The SMILES string of the molecule is Cc1nc2onc(N)c2cc1C(=O)O. The summed E-state index contributed by atoms with van der Waals surface area (Å²) in [6, 6.07) is 1.41. The second kappa shape index (κ2) is 2.69. The molecule has 0 saturated carbocycles. The van der Waals surface area contributed by atoms with Crippen LogP contribution in [0.4, 0.5) is 5.82 Å². The van der Waals surface area contributed by atoms with E-state index in [2.05, 4.69) is 10.1 Å². The molecule has 0 aromatic carbocycles. The Morgan fingerprint density at radius 3 is 3.00 bits per heavy atom. The zero-order chi connectivity index (χ0) is 10.3. The standard InChI is InChI=1S/C8H7N3O3/c1-3-4(8(12)13)2-5-6(9)11-14-7(5)10-3/h2H,1H3,(H2,9,11)(H,12,13). The lowest BCUT2D eigenvalue weighted by Crippen LogP contribution is -2.01. The molecule has 0 unspecified atom stereocenters. The lowest BCUT2D eigenvalue weighted by atomic mass is 10.2. The average molecular weight is 193 g/mol. The van der Waals surface area contributed by atoms with Crippen LogP contribution in [0.1, 0.15) is 16.1 Å². The summed E-state index contributed by atoms with van der Waals surface area (Å²) in [4.78, 5) is 14.7. The summed E-state index contributed by atoms with van der Waals surface area (Å²) < 4.78 is 4.79. The lowest BCUT2D eigenvalue weighted by Gasteiger charge is -1.97. The van der Waals surface area contributed by atoms with Crippen LogP contribution in [0, 0.1) is 6.92 Å². The molecule has 6 heteroatoms. The fourth-order valence-corrected chi connectivity index (χ4v) is 1.19. The normalized spacial score (nSPS) is 10.6. The smallest absolute Gasteiger partial charge is 0.337 e. The topological polar surface area (TPSA) is 102 Å². The first-order valence-electron chi connectivity index (χ1n) is 3.85. The third kappa shape index (κ3) is 1.08. The van der Waals surface area contributed by atoms with Gasteiger partial charge in [0.1, 0.15) is 0 Å². The fraction of sp³-hybridized carbons (Fsp3) is 0.125. The molecule has 0 spiro atoms. The van der Waals surface area contributed by atoms with Crippen LogP contribution in [0.25, 0.3) is 11.1 Å². The lowest BCUT2D eigenvalue weighted by molar-refractivity contribution is 0.0696. The van der Waals surface area contributed by atoms with Gasteiger partial charge in [0.2, 0.25) is 0 Å². The maximum Gasteiger partial charge on any atom is 0.337 e. The predicted molar refractivity (Wildman–Crippen MR) is 47.9 cm³/mol.